The highest BCUT2D eigenvalue weighted by atomic mass is 19.1. The number of allylic oxidation sites excluding steroid dienone is 4. The lowest BCUT2D eigenvalue weighted by atomic mass is 9.45. The zero-order valence-electron chi connectivity index (χ0n) is 30.3. The molecule has 288 valence electrons. The highest BCUT2D eigenvalue weighted by molar-refractivity contribution is 6.01. The average Bonchev–Trinajstić information content (AvgIpc) is 3.35. The van der Waals surface area contributed by atoms with E-state index in [-0.39, 0.29) is 55.2 Å². The number of alkyl halides is 1. The molecule has 14 nitrogen and oxygen atoms in total. The number of benzene rings is 1. The van der Waals surface area contributed by atoms with Gasteiger partial charge in [-0.3, -0.25) is 14.4 Å². The summed E-state index contributed by atoms with van der Waals surface area (Å²) in [5.41, 5.74) is -2.57. The van der Waals surface area contributed by atoms with Gasteiger partial charge in [-0.15, -0.1) is 10.1 Å². The van der Waals surface area contributed by atoms with Gasteiger partial charge < -0.3 is 29.5 Å². The average molecular weight is 743 g/mol. The first-order chi connectivity index (χ1) is 25.0. The van der Waals surface area contributed by atoms with Crippen molar-refractivity contribution in [3.8, 4) is 5.75 Å². The quantitative estimate of drug-likeness (QED) is 0.0886. The number of carbonyl (C=O) groups excluding carboxylic acids is 5. The second kappa shape index (κ2) is 15.7. The van der Waals surface area contributed by atoms with E-state index in [4.69, 9.17) is 14.2 Å². The monoisotopic (exact) mass is 742 g/mol. The maximum atomic E-state index is 17.4. The van der Waals surface area contributed by atoms with Crippen LogP contribution in [0.5, 0.6) is 5.75 Å². The standard InChI is InChI=1S/C38H47FN2O12/c1-22-17-29-28-12-9-25-19-26(43)13-14-37(25,4)38(28,39)32(45)20-36(29,3)33(22)31(44)21-51-35(47)53-27-10-7-24(8-11-27)18-30(40-23(2)42)34(46)50-15-5-6-16-52-41(48)49/h7-8,10-11,13-14,19,22,28-30,32-33,45H,5-6,9,12,15-18,20-21H2,1-4H3,(H,40,42)/t22-,28?,29?,30-,32-,33?,36+,37-,38-/m0/s1. The van der Waals surface area contributed by atoms with Gasteiger partial charge in [0.15, 0.2) is 23.8 Å². The fourth-order valence-corrected chi connectivity index (χ4v) is 9.59. The maximum Gasteiger partial charge on any atom is 0.514 e. The molecule has 53 heavy (non-hydrogen) atoms. The predicted octanol–water partition coefficient (Wildman–Crippen LogP) is 4.58. The number of carbonyl (C=O) groups is 5. The van der Waals surface area contributed by atoms with Crippen molar-refractivity contribution in [3.05, 3.63) is 63.7 Å². The molecule has 3 saturated carbocycles. The molecule has 9 atom stereocenters. The van der Waals surface area contributed by atoms with Crippen LogP contribution in [-0.2, 0) is 39.9 Å². The number of halogens is 1. The van der Waals surface area contributed by atoms with Crippen molar-refractivity contribution >= 4 is 29.6 Å². The molecular weight excluding hydrogens is 695 g/mol. The summed E-state index contributed by atoms with van der Waals surface area (Å²) in [5.74, 6) is -3.03. The van der Waals surface area contributed by atoms with Crippen LogP contribution in [0.3, 0.4) is 0 Å². The van der Waals surface area contributed by atoms with Crippen LogP contribution in [0.1, 0.15) is 71.8 Å². The fourth-order valence-electron chi connectivity index (χ4n) is 9.59. The molecule has 0 aromatic heterocycles. The largest absolute Gasteiger partial charge is 0.514 e. The molecule has 5 rings (SSSR count). The Hall–Kier alpha value is -4.66. The second-order valence-electron chi connectivity index (χ2n) is 15.2. The minimum atomic E-state index is -2.00. The first kappa shape index (κ1) is 39.5. The number of aliphatic hydroxyl groups is 1. The first-order valence-corrected chi connectivity index (χ1v) is 18.0. The number of aliphatic hydroxyl groups excluding tert-OH is 1. The lowest BCUT2D eigenvalue weighted by Crippen LogP contribution is -2.66. The summed E-state index contributed by atoms with van der Waals surface area (Å²) in [6.07, 6.45) is 4.28. The number of ether oxygens (including phenoxy) is 3. The summed E-state index contributed by atoms with van der Waals surface area (Å²) in [6, 6.07) is 5.07. The SMILES string of the molecule is CC(=O)N[C@@H](Cc1ccc(OC(=O)OCC(=O)C2[C@@H](C)CC3C4CCC5=CC(=O)C=C[C@]5(C)[C@@]4(F)[C@@H](O)C[C@]32C)cc1)C(=O)OCCCCO[N+](=O)[O-]. The molecular formula is C38H47FN2O12. The highest BCUT2D eigenvalue weighted by Gasteiger charge is 2.71. The Morgan fingerprint density at radius 1 is 1.09 bits per heavy atom. The summed E-state index contributed by atoms with van der Waals surface area (Å²) < 4.78 is 33.1. The number of hydrogen-bond donors (Lipinski definition) is 2. The Bertz CT molecular complexity index is 1680. The molecule has 15 heteroatoms. The van der Waals surface area contributed by atoms with Crippen molar-refractivity contribution in [2.45, 2.75) is 90.5 Å². The molecule has 0 saturated heterocycles. The van der Waals surface area contributed by atoms with E-state index in [1.807, 2.05) is 13.8 Å². The van der Waals surface area contributed by atoms with E-state index in [0.29, 0.717) is 43.2 Å². The number of amides is 1. The summed E-state index contributed by atoms with van der Waals surface area (Å²) in [6.45, 7) is 6.15. The summed E-state index contributed by atoms with van der Waals surface area (Å²) in [4.78, 5) is 77.2. The minimum absolute atomic E-state index is 0.0202. The molecule has 1 aromatic rings. The molecule has 0 aliphatic heterocycles. The number of nitrogens with zero attached hydrogens (tertiary/aromatic N) is 1. The number of nitrogens with one attached hydrogen (secondary N) is 1. The van der Waals surface area contributed by atoms with E-state index in [9.17, 15) is 39.2 Å². The van der Waals surface area contributed by atoms with Crippen LogP contribution >= 0.6 is 0 Å². The smallest absolute Gasteiger partial charge is 0.464 e. The third-order valence-corrected chi connectivity index (χ3v) is 11.9. The van der Waals surface area contributed by atoms with Gasteiger partial charge in [-0.05, 0) is 92.5 Å². The van der Waals surface area contributed by atoms with Crippen LogP contribution in [0.4, 0.5) is 9.18 Å². The zero-order valence-corrected chi connectivity index (χ0v) is 30.3. The molecule has 2 N–H and O–H groups in total. The topological polar surface area (TPSA) is 198 Å². The van der Waals surface area contributed by atoms with E-state index >= 15 is 4.39 Å². The Kier molecular flexibility index (Phi) is 11.8. The molecule has 0 bridgehead atoms. The predicted molar refractivity (Wildman–Crippen MR) is 184 cm³/mol. The van der Waals surface area contributed by atoms with Gasteiger partial charge in [-0.1, -0.05) is 37.6 Å². The Labute approximate surface area is 306 Å². The third kappa shape index (κ3) is 7.99. The first-order valence-electron chi connectivity index (χ1n) is 18.0. The van der Waals surface area contributed by atoms with Crippen LogP contribution in [0.15, 0.2) is 48.1 Å². The summed E-state index contributed by atoms with van der Waals surface area (Å²) in [5, 5.41) is 23.4. The minimum Gasteiger partial charge on any atom is -0.464 e. The van der Waals surface area contributed by atoms with Crippen molar-refractivity contribution in [1.29, 1.82) is 0 Å². The number of esters is 1. The van der Waals surface area contributed by atoms with Gasteiger partial charge in [0.2, 0.25) is 5.91 Å². The van der Waals surface area contributed by atoms with Crippen molar-refractivity contribution in [3.63, 3.8) is 0 Å². The molecule has 0 heterocycles. The molecule has 0 spiro atoms. The number of unbranched alkanes of at least 4 members (excludes halogenated alkanes) is 1. The fraction of sp³-hybridized carbons (Fsp3) is 0.605. The van der Waals surface area contributed by atoms with E-state index in [1.54, 1.807) is 25.1 Å². The van der Waals surface area contributed by atoms with Gasteiger partial charge >= 0.3 is 12.1 Å². The van der Waals surface area contributed by atoms with Crippen LogP contribution in [0.2, 0.25) is 0 Å². The second-order valence-corrected chi connectivity index (χ2v) is 15.2. The Morgan fingerprint density at radius 2 is 1.79 bits per heavy atom. The lowest BCUT2D eigenvalue weighted by molar-refractivity contribution is -0.757. The number of rotatable bonds is 14. The maximum absolute atomic E-state index is 17.4. The Balaban J connectivity index is 1.15. The molecule has 3 fully saturated rings. The highest BCUT2D eigenvalue weighted by Crippen LogP contribution is 2.69. The van der Waals surface area contributed by atoms with Crippen molar-refractivity contribution < 1.29 is 57.6 Å². The van der Waals surface area contributed by atoms with Gasteiger partial charge in [0.25, 0.3) is 5.09 Å². The molecule has 1 amide bonds. The zero-order chi connectivity index (χ0) is 38.7. The third-order valence-electron chi connectivity index (χ3n) is 11.9. The number of fused-ring (bicyclic) bond motifs is 5. The van der Waals surface area contributed by atoms with Gasteiger partial charge in [-0.2, -0.15) is 0 Å². The number of ketones is 2. The van der Waals surface area contributed by atoms with E-state index < -0.39 is 70.2 Å². The molecule has 4 aliphatic rings. The van der Waals surface area contributed by atoms with E-state index in [1.165, 1.54) is 31.2 Å². The summed E-state index contributed by atoms with van der Waals surface area (Å²) >= 11 is 0. The molecule has 4 aliphatic carbocycles. The van der Waals surface area contributed by atoms with Gasteiger partial charge in [0.05, 0.1) is 19.3 Å². The van der Waals surface area contributed by atoms with Gasteiger partial charge in [-0.25, -0.2) is 14.0 Å². The molecule has 1 aromatic carbocycles. The van der Waals surface area contributed by atoms with Gasteiger partial charge in [0, 0.05) is 30.6 Å². The van der Waals surface area contributed by atoms with Crippen LogP contribution in [0.25, 0.3) is 0 Å². The van der Waals surface area contributed by atoms with Crippen molar-refractivity contribution in [2.75, 3.05) is 19.8 Å². The molecule has 0 radical (unpaired) electrons. The number of Topliss-reactive ketones (excluding diaryl/α,β-unsaturated/α-hetero) is 1. The van der Waals surface area contributed by atoms with Crippen LogP contribution in [0, 0.1) is 44.6 Å². The normalized spacial score (nSPS) is 31.8. The van der Waals surface area contributed by atoms with Crippen LogP contribution < -0.4 is 10.1 Å². The van der Waals surface area contributed by atoms with Crippen LogP contribution in [-0.4, -0.2) is 77.4 Å². The van der Waals surface area contributed by atoms with Crippen molar-refractivity contribution in [2.24, 2.45) is 34.5 Å². The van der Waals surface area contributed by atoms with Crippen molar-refractivity contribution in [1.82, 2.24) is 5.32 Å². The lowest BCUT2D eigenvalue weighted by Gasteiger charge is -2.61. The Morgan fingerprint density at radius 3 is 2.47 bits per heavy atom. The number of hydrogen-bond acceptors (Lipinski definition) is 12. The van der Waals surface area contributed by atoms with E-state index in [0.717, 1.165) is 0 Å². The summed E-state index contributed by atoms with van der Waals surface area (Å²) in [7, 11) is 0. The van der Waals surface area contributed by atoms with E-state index in [2.05, 4.69) is 10.2 Å². The molecule has 3 unspecified atom stereocenters. The van der Waals surface area contributed by atoms with Gasteiger partial charge in [0.1, 0.15) is 11.8 Å².